The first-order chi connectivity index (χ1) is 40.4. The standard InChI is InChI=1S/C57H77N13O15/c1-31(2)47(70-50(77)39(59)23-36-18-20-38(72)21-19-36)56(83)69-45(29-71)55(82)67-43(27-46(73)74)52(79)63-32(3)48(75)65-41(24-34-13-7-5-8-14-34)53(80)66-42(26-37-28-60-30-61-37)54(81)64-40(17-11-12-22-58)51(78)62-33(4)49(76)68-44(57(84)85)25-35-15-9-6-10-16-35/h5-10,13-16,18-21,28,30-33,39-45,47,71-72H,11-12,17,22-27,29,58-59H2,1-4H3,(H,60,61)(H,62,78)(H,63,79)(H,64,81)(H,65,75)(H,66,80)(H,67,82)(H,68,76)(H,69,83)(H,70,77)(H,73,74)(H,84,85)/t32-,33-,39-,40-,41-,42-,43-,44-,45-,47-/m0/s1. The third-order valence-corrected chi connectivity index (χ3v) is 13.3. The van der Waals surface area contributed by atoms with Crippen LogP contribution < -0.4 is 59.3 Å². The van der Waals surface area contributed by atoms with Gasteiger partial charge in [0.1, 0.15) is 60.1 Å². The Morgan fingerprint density at radius 3 is 1.47 bits per heavy atom. The van der Waals surface area contributed by atoms with Crippen molar-refractivity contribution in [3.8, 4) is 5.75 Å². The van der Waals surface area contributed by atoms with E-state index in [4.69, 9.17) is 11.5 Å². The van der Waals surface area contributed by atoms with Crippen molar-refractivity contribution in [1.82, 2.24) is 57.8 Å². The molecule has 85 heavy (non-hydrogen) atoms. The Hall–Kier alpha value is -9.28. The molecule has 0 bridgehead atoms. The highest BCUT2D eigenvalue weighted by molar-refractivity contribution is 5.99. The molecule has 0 saturated heterocycles. The number of aliphatic hydroxyl groups excluding tert-OH is 1. The monoisotopic (exact) mass is 1180 g/mol. The lowest BCUT2D eigenvalue weighted by Gasteiger charge is -2.27. The van der Waals surface area contributed by atoms with E-state index in [1.165, 1.54) is 38.5 Å². The van der Waals surface area contributed by atoms with Crippen LogP contribution in [0.5, 0.6) is 5.75 Å². The van der Waals surface area contributed by atoms with Crippen molar-refractivity contribution in [2.24, 2.45) is 17.4 Å². The second-order valence-corrected chi connectivity index (χ2v) is 20.6. The lowest BCUT2D eigenvalue weighted by Crippen LogP contribution is -2.61. The molecule has 0 fully saturated rings. The van der Waals surface area contributed by atoms with Crippen LogP contribution in [0, 0.1) is 5.92 Å². The number of aromatic amines is 1. The van der Waals surface area contributed by atoms with E-state index in [0.717, 1.165) is 0 Å². The molecule has 28 nitrogen and oxygen atoms in total. The van der Waals surface area contributed by atoms with E-state index >= 15 is 0 Å². The molecule has 4 aromatic rings. The first-order valence-corrected chi connectivity index (χ1v) is 27.5. The first kappa shape index (κ1) is 68.2. The van der Waals surface area contributed by atoms with Gasteiger partial charge in [-0.1, -0.05) is 86.6 Å². The molecule has 460 valence electrons. The number of carboxylic acids is 2. The number of phenols is 1. The number of nitrogens with zero attached hydrogens (tertiary/aromatic N) is 1. The van der Waals surface area contributed by atoms with Crippen LogP contribution in [0.15, 0.2) is 97.5 Å². The van der Waals surface area contributed by atoms with Crippen molar-refractivity contribution in [3.63, 3.8) is 0 Å². The van der Waals surface area contributed by atoms with E-state index in [-0.39, 0.29) is 44.4 Å². The number of aliphatic hydroxyl groups is 1. The lowest BCUT2D eigenvalue weighted by atomic mass is 10.0. The van der Waals surface area contributed by atoms with E-state index in [0.29, 0.717) is 35.2 Å². The molecule has 18 N–H and O–H groups in total. The van der Waals surface area contributed by atoms with Gasteiger partial charge in [-0.25, -0.2) is 9.78 Å². The van der Waals surface area contributed by atoms with Gasteiger partial charge < -0.3 is 84.7 Å². The summed E-state index contributed by atoms with van der Waals surface area (Å²) in [7, 11) is 0. The Kier molecular flexibility index (Phi) is 27.6. The fourth-order valence-electron chi connectivity index (χ4n) is 8.48. The number of phenolic OH excluding ortho intramolecular Hbond substituents is 1. The SMILES string of the molecule is CC(C)[C@H](NC(=O)[C@@H](N)Cc1ccc(O)cc1)C(=O)N[C@@H](CO)C(=O)N[C@@H](CC(=O)O)C(=O)N[C@@H](C)C(=O)N[C@@H](Cc1ccccc1)C(=O)N[C@@H](Cc1cnc[nH]1)C(=O)N[C@@H](CCCCN)C(=O)N[C@@H](C)C(=O)N[C@@H](Cc1ccccc1)C(=O)O. The van der Waals surface area contributed by atoms with Gasteiger partial charge in [0.15, 0.2) is 0 Å². The van der Waals surface area contributed by atoms with Gasteiger partial charge in [-0.3, -0.25) is 47.9 Å². The molecule has 4 rings (SSSR count). The molecular weight excluding hydrogens is 1110 g/mol. The quantitative estimate of drug-likeness (QED) is 0.0211. The minimum Gasteiger partial charge on any atom is -0.508 e. The molecule has 1 aromatic heterocycles. The Labute approximate surface area is 490 Å². The number of aromatic hydroxyl groups is 1. The number of carbonyl (C=O) groups excluding carboxylic acids is 9. The maximum Gasteiger partial charge on any atom is 0.326 e. The molecular formula is C57H77N13O15. The average Bonchev–Trinajstić information content (AvgIpc) is 4.14. The van der Waals surface area contributed by atoms with Crippen molar-refractivity contribution in [3.05, 3.63) is 120 Å². The molecule has 0 aliphatic carbocycles. The fraction of sp³-hybridized carbons (Fsp3) is 0.439. The van der Waals surface area contributed by atoms with E-state index in [1.54, 1.807) is 86.6 Å². The number of aliphatic carboxylic acids is 2. The van der Waals surface area contributed by atoms with Gasteiger partial charge in [0, 0.05) is 31.2 Å². The van der Waals surface area contributed by atoms with E-state index in [9.17, 15) is 73.2 Å². The molecule has 0 unspecified atom stereocenters. The van der Waals surface area contributed by atoms with Crippen LogP contribution in [0.2, 0.25) is 0 Å². The number of amides is 9. The zero-order chi connectivity index (χ0) is 62.8. The highest BCUT2D eigenvalue weighted by Crippen LogP contribution is 2.13. The average molecular weight is 1180 g/mol. The molecule has 0 radical (unpaired) electrons. The summed E-state index contributed by atoms with van der Waals surface area (Å²) in [5, 5.41) is 61.5. The molecule has 3 aromatic carbocycles. The normalized spacial score (nSPS) is 14.6. The molecule has 0 spiro atoms. The topological polar surface area (TPSA) is 458 Å². The number of aromatic nitrogens is 2. The highest BCUT2D eigenvalue weighted by atomic mass is 16.4. The number of rotatable bonds is 35. The fourth-order valence-corrected chi connectivity index (χ4v) is 8.48. The summed E-state index contributed by atoms with van der Waals surface area (Å²) in [6.45, 7) is 4.89. The number of hydrogen-bond acceptors (Lipinski definition) is 16. The summed E-state index contributed by atoms with van der Waals surface area (Å²) in [6.07, 6.45) is 2.04. The van der Waals surface area contributed by atoms with Crippen LogP contribution >= 0.6 is 0 Å². The Morgan fingerprint density at radius 1 is 0.506 bits per heavy atom. The third-order valence-electron chi connectivity index (χ3n) is 13.3. The Bertz CT molecular complexity index is 2880. The molecule has 1 heterocycles. The van der Waals surface area contributed by atoms with Crippen LogP contribution in [0.4, 0.5) is 0 Å². The van der Waals surface area contributed by atoms with Crippen molar-refractivity contribution in [2.75, 3.05) is 13.2 Å². The van der Waals surface area contributed by atoms with Crippen LogP contribution in [-0.4, -0.2) is 169 Å². The Morgan fingerprint density at radius 2 is 0.965 bits per heavy atom. The summed E-state index contributed by atoms with van der Waals surface area (Å²) >= 11 is 0. The van der Waals surface area contributed by atoms with Crippen LogP contribution in [0.1, 0.15) is 75.8 Å². The smallest absolute Gasteiger partial charge is 0.326 e. The maximum atomic E-state index is 14.4. The number of carbonyl (C=O) groups is 11. The molecule has 9 amide bonds. The van der Waals surface area contributed by atoms with Gasteiger partial charge in [-0.2, -0.15) is 0 Å². The van der Waals surface area contributed by atoms with Gasteiger partial charge in [0.2, 0.25) is 53.2 Å². The van der Waals surface area contributed by atoms with Gasteiger partial charge in [-0.05, 0) is 80.8 Å². The van der Waals surface area contributed by atoms with Gasteiger partial charge in [0.25, 0.3) is 0 Å². The van der Waals surface area contributed by atoms with Gasteiger partial charge in [0.05, 0.1) is 25.4 Å². The number of H-pyrrole nitrogens is 1. The number of imidazole rings is 1. The predicted octanol–water partition coefficient (Wildman–Crippen LogP) is -2.55. The molecule has 0 saturated carbocycles. The summed E-state index contributed by atoms with van der Waals surface area (Å²) in [5.74, 6) is -12.0. The largest absolute Gasteiger partial charge is 0.508 e. The van der Waals surface area contributed by atoms with E-state index in [2.05, 4.69) is 57.8 Å². The number of nitrogens with one attached hydrogen (secondary N) is 10. The van der Waals surface area contributed by atoms with Crippen molar-refractivity contribution in [1.29, 1.82) is 0 Å². The third kappa shape index (κ3) is 23.1. The highest BCUT2D eigenvalue weighted by Gasteiger charge is 2.36. The number of hydrogen-bond donors (Lipinski definition) is 16. The van der Waals surface area contributed by atoms with Crippen molar-refractivity contribution in [2.45, 2.75) is 139 Å². The van der Waals surface area contributed by atoms with Crippen LogP contribution in [-0.2, 0) is 78.4 Å². The van der Waals surface area contributed by atoms with Crippen molar-refractivity contribution >= 4 is 65.1 Å². The van der Waals surface area contributed by atoms with Gasteiger partial charge >= 0.3 is 11.9 Å². The maximum absolute atomic E-state index is 14.4. The number of carboxylic acid groups (broad SMARTS) is 2. The number of nitrogens with two attached hydrogens (primary N) is 2. The minimum atomic E-state index is -1.91. The summed E-state index contributed by atoms with van der Waals surface area (Å²) in [5.41, 5.74) is 14.0. The second kappa shape index (κ2) is 34.4. The first-order valence-electron chi connectivity index (χ1n) is 27.5. The Balaban J connectivity index is 1.48. The number of unbranched alkanes of at least 4 members (excludes halogenated alkanes) is 1. The molecule has 0 aliphatic rings. The van der Waals surface area contributed by atoms with Crippen molar-refractivity contribution < 1.29 is 73.2 Å². The van der Waals surface area contributed by atoms with Gasteiger partial charge in [-0.15, -0.1) is 0 Å². The van der Waals surface area contributed by atoms with E-state index < -0.39 is 144 Å². The van der Waals surface area contributed by atoms with Crippen LogP contribution in [0.25, 0.3) is 0 Å². The van der Waals surface area contributed by atoms with E-state index in [1.807, 2.05) is 0 Å². The predicted molar refractivity (Wildman–Crippen MR) is 306 cm³/mol. The summed E-state index contributed by atoms with van der Waals surface area (Å²) in [6, 6.07) is 8.32. The summed E-state index contributed by atoms with van der Waals surface area (Å²) < 4.78 is 0. The molecule has 10 atom stereocenters. The minimum absolute atomic E-state index is 0.00256. The molecule has 0 aliphatic heterocycles. The number of benzene rings is 3. The van der Waals surface area contributed by atoms with Crippen LogP contribution in [0.3, 0.4) is 0 Å². The summed E-state index contributed by atoms with van der Waals surface area (Å²) in [4.78, 5) is 155. The second-order valence-electron chi connectivity index (χ2n) is 20.6. The lowest BCUT2D eigenvalue weighted by molar-refractivity contribution is -0.142. The zero-order valence-corrected chi connectivity index (χ0v) is 47.5. The molecule has 28 heteroatoms. The zero-order valence-electron chi connectivity index (χ0n) is 47.5.